The van der Waals surface area contributed by atoms with Crippen LogP contribution in [0.2, 0.25) is 0 Å². The second kappa shape index (κ2) is 5.79. The van der Waals surface area contributed by atoms with Gasteiger partial charge in [-0.1, -0.05) is 30.3 Å². The molecule has 0 amide bonds. The second-order valence-electron chi connectivity index (χ2n) is 4.95. The molecule has 4 heteroatoms. The highest BCUT2D eigenvalue weighted by Gasteiger charge is 2.09. The van der Waals surface area contributed by atoms with E-state index in [1.807, 2.05) is 43.3 Å². The second-order valence-corrected chi connectivity index (χ2v) is 4.95. The van der Waals surface area contributed by atoms with Crippen molar-refractivity contribution in [3.8, 4) is 17.1 Å². The molecule has 0 saturated heterocycles. The number of H-pyrrole nitrogens is 1. The zero-order chi connectivity index (χ0) is 14.7. The molecule has 0 aliphatic rings. The Labute approximate surface area is 123 Å². The molecular formula is C17H17N3O. The molecule has 0 bridgehead atoms. The van der Waals surface area contributed by atoms with Crippen molar-refractivity contribution in [1.82, 2.24) is 15.2 Å². The minimum absolute atomic E-state index is 0.723. The number of methoxy groups -OCH3 is 1. The summed E-state index contributed by atoms with van der Waals surface area (Å²) in [6, 6.07) is 16.1. The molecule has 3 aromatic rings. The van der Waals surface area contributed by atoms with Crippen LogP contribution >= 0.6 is 0 Å². The Morgan fingerprint density at radius 3 is 2.62 bits per heavy atom. The Bertz CT molecular complexity index is 735. The van der Waals surface area contributed by atoms with Crippen LogP contribution in [0, 0.1) is 6.92 Å². The lowest BCUT2D eigenvalue weighted by molar-refractivity contribution is 0.414. The SMILES string of the molecule is COc1ccc(-c2n[nH]c(Cc3ccccc3)n2)c(C)c1. The maximum Gasteiger partial charge on any atom is 0.181 e. The fourth-order valence-electron chi connectivity index (χ4n) is 2.30. The van der Waals surface area contributed by atoms with Gasteiger partial charge in [-0.3, -0.25) is 5.10 Å². The third kappa shape index (κ3) is 2.94. The quantitative estimate of drug-likeness (QED) is 0.796. The number of ether oxygens (including phenoxy) is 1. The van der Waals surface area contributed by atoms with Crippen LogP contribution < -0.4 is 4.74 Å². The molecule has 106 valence electrons. The molecule has 3 rings (SSSR count). The normalized spacial score (nSPS) is 10.6. The maximum absolute atomic E-state index is 5.22. The molecule has 2 aromatic carbocycles. The summed E-state index contributed by atoms with van der Waals surface area (Å²) >= 11 is 0. The van der Waals surface area contributed by atoms with E-state index in [1.165, 1.54) is 5.56 Å². The largest absolute Gasteiger partial charge is 0.497 e. The first-order valence-corrected chi connectivity index (χ1v) is 6.86. The van der Waals surface area contributed by atoms with Gasteiger partial charge in [0.2, 0.25) is 0 Å². The molecule has 4 nitrogen and oxygen atoms in total. The number of hydrogen-bond acceptors (Lipinski definition) is 3. The number of aryl methyl sites for hydroxylation is 1. The van der Waals surface area contributed by atoms with Crippen LogP contribution in [-0.2, 0) is 6.42 Å². The van der Waals surface area contributed by atoms with Gasteiger partial charge in [0.15, 0.2) is 5.82 Å². The molecule has 0 radical (unpaired) electrons. The minimum Gasteiger partial charge on any atom is -0.497 e. The fourth-order valence-corrected chi connectivity index (χ4v) is 2.30. The fraction of sp³-hybridized carbons (Fsp3) is 0.176. The molecule has 0 aliphatic carbocycles. The standard InChI is InChI=1S/C17H17N3O/c1-12-10-14(21-2)8-9-15(12)17-18-16(19-20-17)11-13-6-4-3-5-7-13/h3-10H,11H2,1-2H3,(H,18,19,20). The monoisotopic (exact) mass is 279 g/mol. The van der Waals surface area contributed by atoms with E-state index in [-0.39, 0.29) is 0 Å². The topological polar surface area (TPSA) is 50.8 Å². The molecule has 1 aromatic heterocycles. The van der Waals surface area contributed by atoms with Gasteiger partial charge in [0.25, 0.3) is 0 Å². The third-order valence-corrected chi connectivity index (χ3v) is 3.42. The van der Waals surface area contributed by atoms with E-state index in [2.05, 4.69) is 27.3 Å². The Morgan fingerprint density at radius 2 is 1.90 bits per heavy atom. The number of rotatable bonds is 4. The molecular weight excluding hydrogens is 262 g/mol. The minimum atomic E-state index is 0.723. The molecule has 1 heterocycles. The number of nitrogens with zero attached hydrogens (tertiary/aromatic N) is 2. The van der Waals surface area contributed by atoms with Gasteiger partial charge in [-0.25, -0.2) is 4.98 Å². The average molecular weight is 279 g/mol. The molecule has 0 fully saturated rings. The van der Waals surface area contributed by atoms with Crippen LogP contribution in [0.4, 0.5) is 0 Å². The highest BCUT2D eigenvalue weighted by Crippen LogP contribution is 2.24. The van der Waals surface area contributed by atoms with Crippen LogP contribution in [0.25, 0.3) is 11.4 Å². The van der Waals surface area contributed by atoms with E-state index in [9.17, 15) is 0 Å². The average Bonchev–Trinajstić information content (AvgIpc) is 2.96. The summed E-state index contributed by atoms with van der Waals surface area (Å²) in [6.07, 6.45) is 0.753. The van der Waals surface area contributed by atoms with Gasteiger partial charge in [0, 0.05) is 12.0 Å². The predicted molar refractivity (Wildman–Crippen MR) is 82.4 cm³/mol. The highest BCUT2D eigenvalue weighted by atomic mass is 16.5. The summed E-state index contributed by atoms with van der Waals surface area (Å²) < 4.78 is 5.22. The lowest BCUT2D eigenvalue weighted by Crippen LogP contribution is -1.91. The summed E-state index contributed by atoms with van der Waals surface area (Å²) in [5, 5.41) is 7.34. The Kier molecular flexibility index (Phi) is 3.69. The van der Waals surface area contributed by atoms with Crippen LogP contribution in [0.5, 0.6) is 5.75 Å². The molecule has 0 saturated carbocycles. The number of hydrogen-bond donors (Lipinski definition) is 1. The van der Waals surface area contributed by atoms with Gasteiger partial charge in [-0.2, -0.15) is 5.10 Å². The first-order valence-electron chi connectivity index (χ1n) is 6.86. The molecule has 0 aliphatic heterocycles. The predicted octanol–water partition coefficient (Wildman–Crippen LogP) is 3.38. The lowest BCUT2D eigenvalue weighted by atomic mass is 10.1. The summed E-state index contributed by atoms with van der Waals surface area (Å²) in [5.41, 5.74) is 3.33. The zero-order valence-corrected chi connectivity index (χ0v) is 12.1. The maximum atomic E-state index is 5.22. The van der Waals surface area contributed by atoms with Crippen molar-refractivity contribution in [2.24, 2.45) is 0 Å². The molecule has 0 unspecified atom stereocenters. The van der Waals surface area contributed by atoms with E-state index in [1.54, 1.807) is 7.11 Å². The van der Waals surface area contributed by atoms with Gasteiger partial charge in [0.1, 0.15) is 11.6 Å². The van der Waals surface area contributed by atoms with Crippen molar-refractivity contribution in [1.29, 1.82) is 0 Å². The van der Waals surface area contributed by atoms with E-state index in [0.717, 1.165) is 34.9 Å². The Morgan fingerprint density at radius 1 is 1.10 bits per heavy atom. The molecule has 0 atom stereocenters. The van der Waals surface area contributed by atoms with Gasteiger partial charge < -0.3 is 4.74 Å². The van der Waals surface area contributed by atoms with Crippen molar-refractivity contribution in [3.63, 3.8) is 0 Å². The van der Waals surface area contributed by atoms with Crippen LogP contribution in [0.1, 0.15) is 17.0 Å². The first-order chi connectivity index (χ1) is 10.3. The highest BCUT2D eigenvalue weighted by molar-refractivity contribution is 5.61. The third-order valence-electron chi connectivity index (χ3n) is 3.42. The Hall–Kier alpha value is -2.62. The summed E-state index contributed by atoms with van der Waals surface area (Å²) in [5.74, 6) is 2.43. The van der Waals surface area contributed by atoms with Crippen LogP contribution in [0.15, 0.2) is 48.5 Å². The zero-order valence-electron chi connectivity index (χ0n) is 12.1. The van der Waals surface area contributed by atoms with Gasteiger partial charge in [-0.15, -0.1) is 0 Å². The van der Waals surface area contributed by atoms with E-state index < -0.39 is 0 Å². The van der Waals surface area contributed by atoms with Crippen molar-refractivity contribution >= 4 is 0 Å². The van der Waals surface area contributed by atoms with Gasteiger partial charge in [0.05, 0.1) is 7.11 Å². The molecule has 0 spiro atoms. The van der Waals surface area contributed by atoms with Crippen molar-refractivity contribution < 1.29 is 4.74 Å². The van der Waals surface area contributed by atoms with Crippen molar-refractivity contribution in [2.45, 2.75) is 13.3 Å². The summed E-state index contributed by atoms with van der Waals surface area (Å²) in [7, 11) is 1.67. The first kappa shape index (κ1) is 13.4. The van der Waals surface area contributed by atoms with E-state index in [4.69, 9.17) is 4.74 Å². The summed E-state index contributed by atoms with van der Waals surface area (Å²) in [4.78, 5) is 4.58. The van der Waals surface area contributed by atoms with E-state index >= 15 is 0 Å². The molecule has 1 N–H and O–H groups in total. The number of aromatic nitrogens is 3. The van der Waals surface area contributed by atoms with Crippen LogP contribution in [0.3, 0.4) is 0 Å². The summed E-state index contributed by atoms with van der Waals surface area (Å²) in [6.45, 7) is 2.03. The lowest BCUT2D eigenvalue weighted by Gasteiger charge is -2.04. The van der Waals surface area contributed by atoms with E-state index in [0.29, 0.717) is 0 Å². The number of aromatic amines is 1. The van der Waals surface area contributed by atoms with Crippen LogP contribution in [-0.4, -0.2) is 22.3 Å². The smallest absolute Gasteiger partial charge is 0.181 e. The number of benzene rings is 2. The number of nitrogens with one attached hydrogen (secondary N) is 1. The molecule has 21 heavy (non-hydrogen) atoms. The van der Waals surface area contributed by atoms with Crippen molar-refractivity contribution in [3.05, 3.63) is 65.5 Å². The van der Waals surface area contributed by atoms with Gasteiger partial charge >= 0.3 is 0 Å². The van der Waals surface area contributed by atoms with Gasteiger partial charge in [-0.05, 0) is 36.2 Å². The Balaban J connectivity index is 1.85. The van der Waals surface area contributed by atoms with Crippen molar-refractivity contribution in [2.75, 3.05) is 7.11 Å².